The summed E-state index contributed by atoms with van der Waals surface area (Å²) in [5.41, 5.74) is 9.75. The summed E-state index contributed by atoms with van der Waals surface area (Å²) in [6.07, 6.45) is 3.50. The Morgan fingerprint density at radius 2 is 1.81 bits per heavy atom. The highest BCUT2D eigenvalue weighted by Crippen LogP contribution is 2.27. The second-order valence-electron chi connectivity index (χ2n) is 3.63. The van der Waals surface area contributed by atoms with Gasteiger partial charge in [-0.2, -0.15) is 0 Å². The molecule has 0 atom stereocenters. The SMILES string of the molecule is COc1ccc(-c2cncc(N)c2C)cc1. The number of hydrogen-bond acceptors (Lipinski definition) is 3. The zero-order valence-electron chi connectivity index (χ0n) is 9.40. The molecule has 0 radical (unpaired) electrons. The zero-order valence-corrected chi connectivity index (χ0v) is 9.40. The number of nitrogen functional groups attached to an aromatic ring is 1. The summed E-state index contributed by atoms with van der Waals surface area (Å²) in [6, 6.07) is 7.86. The maximum atomic E-state index is 5.83. The van der Waals surface area contributed by atoms with Crippen molar-refractivity contribution in [1.82, 2.24) is 4.98 Å². The molecule has 2 aromatic rings. The highest BCUT2D eigenvalue weighted by atomic mass is 16.5. The van der Waals surface area contributed by atoms with Crippen molar-refractivity contribution in [2.75, 3.05) is 12.8 Å². The van der Waals surface area contributed by atoms with Crippen molar-refractivity contribution in [3.63, 3.8) is 0 Å². The molecule has 2 N–H and O–H groups in total. The molecule has 0 aliphatic rings. The summed E-state index contributed by atoms with van der Waals surface area (Å²) in [6.45, 7) is 2.00. The summed E-state index contributed by atoms with van der Waals surface area (Å²) in [5, 5.41) is 0. The van der Waals surface area contributed by atoms with Crippen LogP contribution in [0, 0.1) is 6.92 Å². The minimum absolute atomic E-state index is 0.716. The van der Waals surface area contributed by atoms with Crippen LogP contribution in [0.5, 0.6) is 5.75 Å². The van der Waals surface area contributed by atoms with Gasteiger partial charge in [0.05, 0.1) is 19.0 Å². The number of pyridine rings is 1. The number of anilines is 1. The molecule has 3 nitrogen and oxygen atoms in total. The van der Waals surface area contributed by atoms with Crippen molar-refractivity contribution < 1.29 is 4.74 Å². The van der Waals surface area contributed by atoms with Crippen molar-refractivity contribution in [3.05, 3.63) is 42.2 Å². The summed E-state index contributed by atoms with van der Waals surface area (Å²) < 4.78 is 5.12. The van der Waals surface area contributed by atoms with Crippen LogP contribution in [0.2, 0.25) is 0 Å². The first-order valence-corrected chi connectivity index (χ1v) is 5.07. The minimum Gasteiger partial charge on any atom is -0.497 e. The average Bonchev–Trinajstić information content (AvgIpc) is 2.33. The van der Waals surface area contributed by atoms with Crippen LogP contribution in [-0.4, -0.2) is 12.1 Å². The van der Waals surface area contributed by atoms with Gasteiger partial charge in [-0.1, -0.05) is 12.1 Å². The highest BCUT2D eigenvalue weighted by Gasteiger charge is 2.04. The van der Waals surface area contributed by atoms with Gasteiger partial charge in [0.2, 0.25) is 0 Å². The molecule has 0 amide bonds. The van der Waals surface area contributed by atoms with E-state index in [1.54, 1.807) is 13.3 Å². The molecule has 1 aromatic heterocycles. The fourth-order valence-electron chi connectivity index (χ4n) is 1.60. The highest BCUT2D eigenvalue weighted by molar-refractivity contribution is 5.71. The van der Waals surface area contributed by atoms with Crippen molar-refractivity contribution in [1.29, 1.82) is 0 Å². The van der Waals surface area contributed by atoms with Crippen LogP contribution in [0.3, 0.4) is 0 Å². The number of rotatable bonds is 2. The van der Waals surface area contributed by atoms with Crippen LogP contribution < -0.4 is 10.5 Å². The van der Waals surface area contributed by atoms with Crippen LogP contribution in [0.15, 0.2) is 36.7 Å². The van der Waals surface area contributed by atoms with E-state index in [-0.39, 0.29) is 0 Å². The maximum Gasteiger partial charge on any atom is 0.118 e. The molecule has 0 unspecified atom stereocenters. The Bertz CT molecular complexity index is 492. The fourth-order valence-corrected chi connectivity index (χ4v) is 1.60. The lowest BCUT2D eigenvalue weighted by Crippen LogP contribution is -1.94. The van der Waals surface area contributed by atoms with Crippen molar-refractivity contribution in [2.24, 2.45) is 0 Å². The smallest absolute Gasteiger partial charge is 0.118 e. The summed E-state index contributed by atoms with van der Waals surface area (Å²) >= 11 is 0. The molecule has 0 saturated carbocycles. The number of nitrogens with two attached hydrogens (primary N) is 1. The van der Waals surface area contributed by atoms with E-state index in [4.69, 9.17) is 10.5 Å². The van der Waals surface area contributed by atoms with Crippen LogP contribution in [0.4, 0.5) is 5.69 Å². The average molecular weight is 214 g/mol. The van der Waals surface area contributed by atoms with Gasteiger partial charge in [-0.05, 0) is 30.2 Å². The molecule has 0 spiro atoms. The first-order chi connectivity index (χ1) is 7.72. The summed E-state index contributed by atoms with van der Waals surface area (Å²) in [5.74, 6) is 0.846. The van der Waals surface area contributed by atoms with Crippen molar-refractivity contribution >= 4 is 5.69 Å². The molecule has 0 saturated heterocycles. The van der Waals surface area contributed by atoms with E-state index >= 15 is 0 Å². The second kappa shape index (κ2) is 4.23. The van der Waals surface area contributed by atoms with E-state index in [2.05, 4.69) is 4.98 Å². The standard InChI is InChI=1S/C13H14N2O/c1-9-12(7-15-8-13(9)14)10-3-5-11(16-2)6-4-10/h3-8H,14H2,1-2H3. The van der Waals surface area contributed by atoms with Gasteiger partial charge in [0, 0.05) is 11.8 Å². The Morgan fingerprint density at radius 1 is 1.12 bits per heavy atom. The van der Waals surface area contributed by atoms with Crippen molar-refractivity contribution in [3.8, 4) is 16.9 Å². The van der Waals surface area contributed by atoms with E-state index < -0.39 is 0 Å². The molecule has 1 heterocycles. The third-order valence-corrected chi connectivity index (χ3v) is 2.66. The molecular weight excluding hydrogens is 200 g/mol. The van der Waals surface area contributed by atoms with Gasteiger partial charge in [0.15, 0.2) is 0 Å². The van der Waals surface area contributed by atoms with E-state index in [1.165, 1.54) is 0 Å². The van der Waals surface area contributed by atoms with Gasteiger partial charge in [0.25, 0.3) is 0 Å². The molecule has 0 aliphatic heterocycles. The number of hydrogen-bond donors (Lipinski definition) is 1. The molecule has 3 heteroatoms. The monoisotopic (exact) mass is 214 g/mol. The minimum atomic E-state index is 0.716. The lowest BCUT2D eigenvalue weighted by atomic mass is 10.0. The van der Waals surface area contributed by atoms with Crippen LogP contribution in [-0.2, 0) is 0 Å². The first kappa shape index (κ1) is 10.5. The molecule has 0 bridgehead atoms. The number of ether oxygens (including phenoxy) is 1. The quantitative estimate of drug-likeness (QED) is 0.836. The number of nitrogens with zero attached hydrogens (tertiary/aromatic N) is 1. The lowest BCUT2D eigenvalue weighted by molar-refractivity contribution is 0.415. The Kier molecular flexibility index (Phi) is 2.77. The van der Waals surface area contributed by atoms with Crippen LogP contribution in [0.1, 0.15) is 5.56 Å². The Morgan fingerprint density at radius 3 is 2.44 bits per heavy atom. The number of aromatic nitrogens is 1. The van der Waals surface area contributed by atoms with E-state index in [9.17, 15) is 0 Å². The Labute approximate surface area is 94.9 Å². The third kappa shape index (κ3) is 1.84. The van der Waals surface area contributed by atoms with E-state index in [0.29, 0.717) is 5.69 Å². The maximum absolute atomic E-state index is 5.83. The van der Waals surface area contributed by atoms with E-state index in [0.717, 1.165) is 22.4 Å². The largest absolute Gasteiger partial charge is 0.497 e. The predicted molar refractivity (Wildman–Crippen MR) is 65.4 cm³/mol. The molecule has 2 rings (SSSR count). The van der Waals surface area contributed by atoms with Gasteiger partial charge in [-0.25, -0.2) is 0 Å². The van der Waals surface area contributed by atoms with Gasteiger partial charge in [0.1, 0.15) is 5.75 Å². The summed E-state index contributed by atoms with van der Waals surface area (Å²) in [7, 11) is 1.66. The molecule has 16 heavy (non-hydrogen) atoms. The van der Waals surface area contributed by atoms with Gasteiger partial charge >= 0.3 is 0 Å². The van der Waals surface area contributed by atoms with Gasteiger partial charge in [-0.15, -0.1) is 0 Å². The molecule has 82 valence electrons. The Balaban J connectivity index is 2.46. The topological polar surface area (TPSA) is 48.1 Å². The first-order valence-electron chi connectivity index (χ1n) is 5.07. The molecular formula is C13H14N2O. The van der Waals surface area contributed by atoms with Gasteiger partial charge in [-0.3, -0.25) is 4.98 Å². The zero-order chi connectivity index (χ0) is 11.5. The predicted octanol–water partition coefficient (Wildman–Crippen LogP) is 2.65. The third-order valence-electron chi connectivity index (χ3n) is 2.66. The normalized spacial score (nSPS) is 10.1. The summed E-state index contributed by atoms with van der Waals surface area (Å²) in [4.78, 5) is 4.11. The molecule has 0 fully saturated rings. The number of benzene rings is 1. The molecule has 1 aromatic carbocycles. The fraction of sp³-hybridized carbons (Fsp3) is 0.154. The second-order valence-corrected chi connectivity index (χ2v) is 3.63. The lowest BCUT2D eigenvalue weighted by Gasteiger charge is -2.08. The van der Waals surface area contributed by atoms with E-state index in [1.807, 2.05) is 37.4 Å². The van der Waals surface area contributed by atoms with Crippen molar-refractivity contribution in [2.45, 2.75) is 6.92 Å². The van der Waals surface area contributed by atoms with Gasteiger partial charge < -0.3 is 10.5 Å². The van der Waals surface area contributed by atoms with Crippen LogP contribution in [0.25, 0.3) is 11.1 Å². The molecule has 0 aliphatic carbocycles. The van der Waals surface area contributed by atoms with Crippen LogP contribution >= 0.6 is 0 Å². The Hall–Kier alpha value is -2.03. The number of methoxy groups -OCH3 is 1.